The Balaban J connectivity index is 1.54. The quantitative estimate of drug-likeness (QED) is 0.925. The van der Waals surface area contributed by atoms with Crippen molar-refractivity contribution in [3.63, 3.8) is 0 Å². The Morgan fingerprint density at radius 1 is 1.25 bits per heavy atom. The third-order valence-corrected chi connectivity index (χ3v) is 4.29. The SMILES string of the molecule is Clc1cccc(CC2COC(CC3CCNCC3)=N2)c1. The van der Waals surface area contributed by atoms with Crippen molar-refractivity contribution in [3.8, 4) is 0 Å². The third-order valence-electron chi connectivity index (χ3n) is 4.05. The van der Waals surface area contributed by atoms with Gasteiger partial charge in [0.15, 0.2) is 5.90 Å². The second kappa shape index (κ2) is 6.59. The van der Waals surface area contributed by atoms with Crippen LogP contribution in [0.1, 0.15) is 24.8 Å². The van der Waals surface area contributed by atoms with Gasteiger partial charge >= 0.3 is 0 Å². The van der Waals surface area contributed by atoms with E-state index in [0.29, 0.717) is 6.61 Å². The first-order valence-electron chi connectivity index (χ1n) is 7.44. The van der Waals surface area contributed by atoms with Crippen LogP contribution in [0.15, 0.2) is 29.3 Å². The number of nitrogens with one attached hydrogen (secondary N) is 1. The fraction of sp³-hybridized carbons (Fsp3) is 0.562. The summed E-state index contributed by atoms with van der Waals surface area (Å²) in [5.41, 5.74) is 1.23. The molecule has 0 aromatic heterocycles. The number of piperidine rings is 1. The zero-order valence-corrected chi connectivity index (χ0v) is 12.4. The van der Waals surface area contributed by atoms with Crippen LogP contribution >= 0.6 is 11.6 Å². The number of benzene rings is 1. The molecule has 0 bridgehead atoms. The van der Waals surface area contributed by atoms with Crippen molar-refractivity contribution < 1.29 is 4.74 Å². The summed E-state index contributed by atoms with van der Waals surface area (Å²) in [7, 11) is 0. The van der Waals surface area contributed by atoms with Crippen LogP contribution in [0.3, 0.4) is 0 Å². The summed E-state index contributed by atoms with van der Waals surface area (Å²) in [6, 6.07) is 8.27. The van der Waals surface area contributed by atoms with Crippen LogP contribution in [0.5, 0.6) is 0 Å². The molecule has 0 radical (unpaired) electrons. The van der Waals surface area contributed by atoms with E-state index >= 15 is 0 Å². The number of hydrogen-bond acceptors (Lipinski definition) is 3. The average Bonchev–Trinajstić information content (AvgIpc) is 2.87. The zero-order chi connectivity index (χ0) is 13.8. The minimum absolute atomic E-state index is 0.255. The van der Waals surface area contributed by atoms with Gasteiger partial charge in [0.05, 0.1) is 6.04 Å². The highest BCUT2D eigenvalue weighted by atomic mass is 35.5. The topological polar surface area (TPSA) is 33.6 Å². The van der Waals surface area contributed by atoms with Gasteiger partial charge in [0, 0.05) is 11.4 Å². The van der Waals surface area contributed by atoms with E-state index in [1.54, 1.807) is 0 Å². The smallest absolute Gasteiger partial charge is 0.183 e. The van der Waals surface area contributed by atoms with Crippen molar-refractivity contribution in [1.29, 1.82) is 0 Å². The maximum absolute atomic E-state index is 6.01. The molecule has 0 saturated carbocycles. The molecule has 1 unspecified atom stereocenters. The molecule has 2 heterocycles. The molecule has 1 N–H and O–H groups in total. The number of rotatable bonds is 4. The first-order valence-corrected chi connectivity index (χ1v) is 7.82. The Bertz CT molecular complexity index is 483. The van der Waals surface area contributed by atoms with Crippen LogP contribution in [0, 0.1) is 5.92 Å². The molecule has 20 heavy (non-hydrogen) atoms. The fourth-order valence-corrected chi connectivity index (χ4v) is 3.17. The Morgan fingerprint density at radius 3 is 2.90 bits per heavy atom. The van der Waals surface area contributed by atoms with E-state index in [9.17, 15) is 0 Å². The van der Waals surface area contributed by atoms with Crippen LogP contribution in [0.2, 0.25) is 5.02 Å². The Kier molecular flexibility index (Phi) is 4.58. The van der Waals surface area contributed by atoms with E-state index in [1.807, 2.05) is 18.2 Å². The van der Waals surface area contributed by atoms with Crippen molar-refractivity contribution in [2.75, 3.05) is 19.7 Å². The lowest BCUT2D eigenvalue weighted by molar-refractivity contribution is 0.292. The monoisotopic (exact) mass is 292 g/mol. The van der Waals surface area contributed by atoms with Crippen molar-refractivity contribution >= 4 is 17.5 Å². The Hall–Kier alpha value is -1.06. The van der Waals surface area contributed by atoms with Gasteiger partial charge in [0.25, 0.3) is 0 Å². The highest BCUT2D eigenvalue weighted by molar-refractivity contribution is 6.30. The first kappa shape index (κ1) is 13.9. The normalized spacial score (nSPS) is 23.4. The molecule has 3 rings (SSSR count). The van der Waals surface area contributed by atoms with Gasteiger partial charge in [0.2, 0.25) is 0 Å². The summed E-state index contributed by atoms with van der Waals surface area (Å²) in [5.74, 6) is 1.70. The van der Waals surface area contributed by atoms with Gasteiger partial charge in [-0.05, 0) is 56.0 Å². The molecule has 1 fully saturated rings. The zero-order valence-electron chi connectivity index (χ0n) is 11.6. The van der Waals surface area contributed by atoms with Crippen molar-refractivity contribution in [2.45, 2.75) is 31.7 Å². The molecule has 1 aromatic rings. The highest BCUT2D eigenvalue weighted by Gasteiger charge is 2.23. The molecular formula is C16H21ClN2O. The van der Waals surface area contributed by atoms with E-state index in [0.717, 1.165) is 42.8 Å². The average molecular weight is 293 g/mol. The molecule has 3 nitrogen and oxygen atoms in total. The number of hydrogen-bond donors (Lipinski definition) is 1. The van der Waals surface area contributed by atoms with Crippen LogP contribution < -0.4 is 5.32 Å². The lowest BCUT2D eigenvalue weighted by Gasteiger charge is -2.21. The first-order chi connectivity index (χ1) is 9.79. The van der Waals surface area contributed by atoms with Gasteiger partial charge in [-0.2, -0.15) is 0 Å². The highest BCUT2D eigenvalue weighted by Crippen LogP contribution is 2.21. The van der Waals surface area contributed by atoms with E-state index in [2.05, 4.69) is 11.4 Å². The van der Waals surface area contributed by atoms with Gasteiger partial charge in [-0.15, -0.1) is 0 Å². The summed E-state index contributed by atoms with van der Waals surface area (Å²) in [6.07, 6.45) is 4.40. The van der Waals surface area contributed by atoms with E-state index in [-0.39, 0.29) is 6.04 Å². The second-order valence-corrected chi connectivity index (χ2v) is 6.16. The predicted molar refractivity (Wildman–Crippen MR) is 82.5 cm³/mol. The number of aliphatic imine (C=N–C) groups is 1. The molecule has 0 amide bonds. The predicted octanol–water partition coefficient (Wildman–Crippen LogP) is 3.07. The molecular weight excluding hydrogens is 272 g/mol. The summed E-state index contributed by atoms with van der Waals surface area (Å²) in [5, 5.41) is 4.19. The van der Waals surface area contributed by atoms with E-state index in [1.165, 1.54) is 18.4 Å². The van der Waals surface area contributed by atoms with Crippen LogP contribution in [-0.4, -0.2) is 31.6 Å². The summed E-state index contributed by atoms with van der Waals surface area (Å²) in [4.78, 5) is 4.74. The van der Waals surface area contributed by atoms with Gasteiger partial charge in [-0.3, -0.25) is 0 Å². The third kappa shape index (κ3) is 3.74. The van der Waals surface area contributed by atoms with Gasteiger partial charge in [0.1, 0.15) is 6.61 Å². The minimum Gasteiger partial charge on any atom is -0.479 e. The van der Waals surface area contributed by atoms with Crippen LogP contribution in [0.4, 0.5) is 0 Å². The second-order valence-electron chi connectivity index (χ2n) is 5.72. The standard InChI is InChI=1S/C16H21ClN2O/c17-14-3-1-2-13(8-14)9-15-11-20-16(19-15)10-12-4-6-18-7-5-12/h1-3,8,12,15,18H,4-7,9-11H2. The van der Waals surface area contributed by atoms with Crippen molar-refractivity contribution in [3.05, 3.63) is 34.9 Å². The van der Waals surface area contributed by atoms with E-state index < -0.39 is 0 Å². The van der Waals surface area contributed by atoms with Gasteiger partial charge in [-0.1, -0.05) is 23.7 Å². The maximum Gasteiger partial charge on any atom is 0.183 e. The molecule has 0 spiro atoms. The molecule has 0 aliphatic carbocycles. The van der Waals surface area contributed by atoms with Crippen LogP contribution in [0.25, 0.3) is 0 Å². The Morgan fingerprint density at radius 2 is 2.10 bits per heavy atom. The molecule has 1 saturated heterocycles. The molecule has 4 heteroatoms. The van der Waals surface area contributed by atoms with E-state index in [4.69, 9.17) is 21.3 Å². The number of halogens is 1. The summed E-state index contributed by atoms with van der Waals surface area (Å²) < 4.78 is 5.77. The molecule has 1 aromatic carbocycles. The minimum atomic E-state index is 0.255. The Labute approximate surface area is 125 Å². The van der Waals surface area contributed by atoms with Crippen molar-refractivity contribution in [1.82, 2.24) is 5.32 Å². The maximum atomic E-state index is 6.01. The fourth-order valence-electron chi connectivity index (χ4n) is 2.96. The van der Waals surface area contributed by atoms with Crippen LogP contribution in [-0.2, 0) is 11.2 Å². The summed E-state index contributed by atoms with van der Waals surface area (Å²) in [6.45, 7) is 2.97. The number of ether oxygens (including phenoxy) is 1. The molecule has 1 atom stereocenters. The lowest BCUT2D eigenvalue weighted by Crippen LogP contribution is -2.28. The molecule has 2 aliphatic heterocycles. The summed E-state index contributed by atoms with van der Waals surface area (Å²) >= 11 is 6.01. The van der Waals surface area contributed by atoms with Gasteiger partial charge in [-0.25, -0.2) is 4.99 Å². The molecule has 108 valence electrons. The van der Waals surface area contributed by atoms with Crippen molar-refractivity contribution in [2.24, 2.45) is 10.9 Å². The van der Waals surface area contributed by atoms with Gasteiger partial charge < -0.3 is 10.1 Å². The lowest BCUT2D eigenvalue weighted by atomic mass is 9.95. The molecule has 2 aliphatic rings. The number of nitrogens with zero attached hydrogens (tertiary/aromatic N) is 1. The largest absolute Gasteiger partial charge is 0.479 e.